The van der Waals surface area contributed by atoms with Crippen LogP contribution in [0, 0.1) is 0 Å². The zero-order valence-electron chi connectivity index (χ0n) is 12.6. The number of hydrogen-bond acceptors (Lipinski definition) is 4. The van der Waals surface area contributed by atoms with Crippen LogP contribution in [0.4, 0.5) is 0 Å². The number of ether oxygens (including phenoxy) is 1. The van der Waals surface area contributed by atoms with Gasteiger partial charge in [0.05, 0.1) is 4.88 Å². The summed E-state index contributed by atoms with van der Waals surface area (Å²) in [6, 6.07) is 9.13. The minimum atomic E-state index is -0.0409. The number of amides is 1. The van der Waals surface area contributed by atoms with Gasteiger partial charge in [-0.1, -0.05) is 17.7 Å². The highest BCUT2D eigenvalue weighted by molar-refractivity contribution is 7.12. The van der Waals surface area contributed by atoms with Gasteiger partial charge in [0.15, 0.2) is 0 Å². The molecule has 4 nitrogen and oxygen atoms in total. The average Bonchev–Trinajstić information content (AvgIpc) is 2.94. The Hall–Kier alpha value is -1.56. The van der Waals surface area contributed by atoms with Gasteiger partial charge < -0.3 is 15.0 Å². The molecule has 0 aliphatic heterocycles. The van der Waals surface area contributed by atoms with Crippen molar-refractivity contribution in [2.45, 2.75) is 6.61 Å². The van der Waals surface area contributed by atoms with E-state index in [1.54, 1.807) is 12.1 Å². The van der Waals surface area contributed by atoms with Crippen molar-refractivity contribution >= 4 is 28.8 Å². The molecule has 1 aromatic carbocycles. The van der Waals surface area contributed by atoms with Gasteiger partial charge in [0, 0.05) is 23.7 Å². The van der Waals surface area contributed by atoms with E-state index in [9.17, 15) is 4.79 Å². The van der Waals surface area contributed by atoms with Crippen molar-refractivity contribution in [2.75, 3.05) is 27.2 Å². The van der Waals surface area contributed by atoms with Gasteiger partial charge in [-0.05, 0) is 43.7 Å². The lowest BCUT2D eigenvalue weighted by Crippen LogP contribution is -2.30. The summed E-state index contributed by atoms with van der Waals surface area (Å²) in [7, 11) is 3.95. The van der Waals surface area contributed by atoms with E-state index >= 15 is 0 Å². The van der Waals surface area contributed by atoms with Gasteiger partial charge in [0.1, 0.15) is 12.4 Å². The van der Waals surface area contributed by atoms with E-state index in [4.69, 9.17) is 16.3 Å². The molecule has 1 N–H and O–H groups in total. The van der Waals surface area contributed by atoms with E-state index < -0.39 is 0 Å². The number of likely N-dealkylation sites (N-methyl/N-ethyl adjacent to an activating group) is 1. The summed E-state index contributed by atoms with van der Waals surface area (Å²) in [4.78, 5) is 14.7. The Bertz CT molecular complexity index is 628. The van der Waals surface area contributed by atoms with Crippen molar-refractivity contribution in [3.8, 4) is 5.75 Å². The maximum atomic E-state index is 12.0. The van der Waals surface area contributed by atoms with Gasteiger partial charge in [-0.15, -0.1) is 11.3 Å². The molecule has 0 saturated heterocycles. The standard InChI is InChI=1S/C16H19ClN2O2S/c1-19(2)7-6-18-16(20)15-8-12(11-22-15)10-21-14-5-3-4-13(17)9-14/h3-5,8-9,11H,6-7,10H2,1-2H3,(H,18,20). The number of rotatable bonds is 7. The van der Waals surface area contributed by atoms with E-state index in [1.807, 2.05) is 42.6 Å². The highest BCUT2D eigenvalue weighted by Gasteiger charge is 2.09. The van der Waals surface area contributed by atoms with E-state index in [1.165, 1.54) is 11.3 Å². The SMILES string of the molecule is CN(C)CCNC(=O)c1cc(COc2cccc(Cl)c2)cs1. The summed E-state index contributed by atoms with van der Waals surface area (Å²) >= 11 is 7.33. The number of thiophene rings is 1. The Labute approximate surface area is 139 Å². The van der Waals surface area contributed by atoms with Crippen LogP contribution in [0.25, 0.3) is 0 Å². The maximum absolute atomic E-state index is 12.0. The summed E-state index contributed by atoms with van der Waals surface area (Å²) in [5, 5.41) is 5.47. The van der Waals surface area contributed by atoms with Gasteiger partial charge in [-0.2, -0.15) is 0 Å². The molecule has 0 spiro atoms. The number of benzene rings is 1. The van der Waals surface area contributed by atoms with Gasteiger partial charge in [0.25, 0.3) is 5.91 Å². The van der Waals surface area contributed by atoms with Crippen LogP contribution >= 0.6 is 22.9 Å². The third-order valence-corrected chi connectivity index (χ3v) is 4.14. The fourth-order valence-electron chi connectivity index (χ4n) is 1.77. The van der Waals surface area contributed by atoms with Gasteiger partial charge in [0.2, 0.25) is 0 Å². The Kier molecular flexibility index (Phi) is 6.24. The lowest BCUT2D eigenvalue weighted by molar-refractivity contribution is 0.0955. The summed E-state index contributed by atoms with van der Waals surface area (Å²) in [6.45, 7) is 1.88. The molecule has 1 heterocycles. The highest BCUT2D eigenvalue weighted by atomic mass is 35.5. The second kappa shape index (κ2) is 8.17. The van der Waals surface area contributed by atoms with E-state index in [0.717, 1.165) is 17.9 Å². The molecule has 0 aliphatic carbocycles. The predicted molar refractivity (Wildman–Crippen MR) is 91.0 cm³/mol. The smallest absolute Gasteiger partial charge is 0.261 e. The van der Waals surface area contributed by atoms with E-state index in [-0.39, 0.29) is 5.91 Å². The molecule has 2 aromatic rings. The number of nitrogens with one attached hydrogen (secondary N) is 1. The van der Waals surface area contributed by atoms with Crippen LogP contribution in [0.3, 0.4) is 0 Å². The zero-order chi connectivity index (χ0) is 15.9. The maximum Gasteiger partial charge on any atom is 0.261 e. The Balaban J connectivity index is 1.84. The monoisotopic (exact) mass is 338 g/mol. The quantitative estimate of drug-likeness (QED) is 0.842. The van der Waals surface area contributed by atoms with Gasteiger partial charge in [-0.25, -0.2) is 0 Å². The molecule has 0 saturated carbocycles. The topological polar surface area (TPSA) is 41.6 Å². The summed E-state index contributed by atoms with van der Waals surface area (Å²) in [6.07, 6.45) is 0. The molecule has 0 atom stereocenters. The fraction of sp³-hybridized carbons (Fsp3) is 0.312. The van der Waals surface area contributed by atoms with Crippen LogP contribution in [-0.4, -0.2) is 38.0 Å². The van der Waals surface area contributed by atoms with Gasteiger partial charge in [-0.3, -0.25) is 4.79 Å². The molecule has 0 aliphatic rings. The lowest BCUT2D eigenvalue weighted by atomic mass is 10.3. The molecule has 22 heavy (non-hydrogen) atoms. The first-order valence-electron chi connectivity index (χ1n) is 6.93. The molecule has 0 radical (unpaired) electrons. The molecule has 6 heteroatoms. The molecule has 1 amide bonds. The van der Waals surface area contributed by atoms with Crippen molar-refractivity contribution in [3.63, 3.8) is 0 Å². The number of nitrogens with zero attached hydrogens (tertiary/aromatic N) is 1. The Morgan fingerprint density at radius 3 is 2.91 bits per heavy atom. The third kappa shape index (κ3) is 5.33. The van der Waals surface area contributed by atoms with E-state index in [2.05, 4.69) is 5.32 Å². The Morgan fingerprint density at radius 1 is 1.36 bits per heavy atom. The number of carbonyl (C=O) groups excluding carboxylic acids is 1. The van der Waals surface area contributed by atoms with Gasteiger partial charge >= 0.3 is 0 Å². The highest BCUT2D eigenvalue weighted by Crippen LogP contribution is 2.20. The average molecular weight is 339 g/mol. The number of carbonyl (C=O) groups is 1. The van der Waals surface area contributed by atoms with Crippen molar-refractivity contribution in [1.29, 1.82) is 0 Å². The summed E-state index contributed by atoms with van der Waals surface area (Å²) in [5.41, 5.74) is 0.975. The Morgan fingerprint density at radius 2 is 2.18 bits per heavy atom. The molecular formula is C16H19ClN2O2S. The normalized spacial score (nSPS) is 10.7. The zero-order valence-corrected chi connectivity index (χ0v) is 14.2. The molecule has 0 bridgehead atoms. The minimum Gasteiger partial charge on any atom is -0.489 e. The molecule has 0 unspecified atom stereocenters. The lowest BCUT2D eigenvalue weighted by Gasteiger charge is -2.09. The van der Waals surface area contributed by atoms with Crippen LogP contribution in [0.15, 0.2) is 35.7 Å². The molecule has 0 fully saturated rings. The summed E-state index contributed by atoms with van der Waals surface area (Å²) < 4.78 is 5.66. The van der Waals surface area contributed by atoms with Crippen LogP contribution in [-0.2, 0) is 6.61 Å². The minimum absolute atomic E-state index is 0.0409. The molecule has 2 rings (SSSR count). The number of hydrogen-bond donors (Lipinski definition) is 1. The van der Waals surface area contributed by atoms with Crippen molar-refractivity contribution in [2.24, 2.45) is 0 Å². The third-order valence-electron chi connectivity index (χ3n) is 2.92. The van der Waals surface area contributed by atoms with Crippen LogP contribution in [0.5, 0.6) is 5.75 Å². The van der Waals surface area contributed by atoms with Crippen molar-refractivity contribution < 1.29 is 9.53 Å². The van der Waals surface area contributed by atoms with Crippen LogP contribution in [0.1, 0.15) is 15.2 Å². The summed E-state index contributed by atoms with van der Waals surface area (Å²) in [5.74, 6) is 0.677. The number of halogens is 1. The first-order valence-corrected chi connectivity index (χ1v) is 8.19. The van der Waals surface area contributed by atoms with Crippen molar-refractivity contribution in [3.05, 3.63) is 51.2 Å². The van der Waals surface area contributed by atoms with Crippen molar-refractivity contribution in [1.82, 2.24) is 10.2 Å². The van der Waals surface area contributed by atoms with E-state index in [0.29, 0.717) is 23.1 Å². The molecule has 118 valence electrons. The molecule has 1 aromatic heterocycles. The van der Waals surface area contributed by atoms with Crippen LogP contribution < -0.4 is 10.1 Å². The predicted octanol–water partition coefficient (Wildman–Crippen LogP) is 3.27. The largest absolute Gasteiger partial charge is 0.489 e. The van der Waals surface area contributed by atoms with Crippen LogP contribution in [0.2, 0.25) is 5.02 Å². The second-order valence-corrected chi connectivity index (χ2v) is 6.47. The first kappa shape index (κ1) is 16.8. The second-order valence-electron chi connectivity index (χ2n) is 5.12. The first-order chi connectivity index (χ1) is 10.5. The molecular weight excluding hydrogens is 320 g/mol. The fourth-order valence-corrected chi connectivity index (χ4v) is 2.77.